The van der Waals surface area contributed by atoms with Gasteiger partial charge in [-0.1, -0.05) is 24.1 Å². The van der Waals surface area contributed by atoms with Crippen molar-refractivity contribution in [3.05, 3.63) is 23.3 Å². The van der Waals surface area contributed by atoms with Gasteiger partial charge < -0.3 is 10.1 Å². The van der Waals surface area contributed by atoms with Crippen LogP contribution in [0, 0.1) is 11.3 Å². The first kappa shape index (κ1) is 15.0. The fourth-order valence-electron chi connectivity index (χ4n) is 4.72. The monoisotopic (exact) mass is 287 g/mol. The minimum Gasteiger partial charge on any atom is -0.317 e. The van der Waals surface area contributed by atoms with E-state index in [9.17, 15) is 4.79 Å². The van der Waals surface area contributed by atoms with Gasteiger partial charge in [0.1, 0.15) is 6.29 Å². The van der Waals surface area contributed by atoms with E-state index in [1.807, 2.05) is 0 Å². The van der Waals surface area contributed by atoms with Crippen LogP contribution >= 0.6 is 0 Å². The Balaban J connectivity index is 1.72. The van der Waals surface area contributed by atoms with Crippen molar-refractivity contribution in [2.75, 3.05) is 13.1 Å². The molecule has 1 heterocycles. The van der Waals surface area contributed by atoms with Crippen molar-refractivity contribution in [2.24, 2.45) is 11.3 Å². The molecule has 1 fully saturated rings. The standard InChI is InChI=1S/C19H29NO/c21-13-5-1-2-6-16-14-19(9-11-20-12-10-19)15-17-7-3-4-8-18(16)17/h4,8,13,16,20H,1-3,5-7,9-12,14-15H2. The quantitative estimate of drug-likeness (QED) is 0.607. The fourth-order valence-corrected chi connectivity index (χ4v) is 4.72. The molecule has 2 nitrogen and oxygen atoms in total. The Labute approximate surface area is 129 Å². The van der Waals surface area contributed by atoms with E-state index in [1.165, 1.54) is 64.5 Å². The second-order valence-corrected chi connectivity index (χ2v) is 7.28. The zero-order chi connectivity index (χ0) is 14.5. The average molecular weight is 287 g/mol. The molecule has 1 spiro atoms. The van der Waals surface area contributed by atoms with E-state index in [0.717, 1.165) is 25.0 Å². The van der Waals surface area contributed by atoms with E-state index < -0.39 is 0 Å². The van der Waals surface area contributed by atoms with Crippen molar-refractivity contribution in [1.82, 2.24) is 5.32 Å². The van der Waals surface area contributed by atoms with Crippen molar-refractivity contribution < 1.29 is 4.79 Å². The van der Waals surface area contributed by atoms with Crippen LogP contribution in [-0.4, -0.2) is 19.4 Å². The molecule has 3 aliphatic rings. The molecule has 3 rings (SSSR count). The molecule has 0 amide bonds. The van der Waals surface area contributed by atoms with Gasteiger partial charge >= 0.3 is 0 Å². The summed E-state index contributed by atoms with van der Waals surface area (Å²) in [6.45, 7) is 2.41. The lowest BCUT2D eigenvalue weighted by molar-refractivity contribution is -0.107. The van der Waals surface area contributed by atoms with Gasteiger partial charge in [-0.25, -0.2) is 0 Å². The van der Waals surface area contributed by atoms with Crippen molar-refractivity contribution >= 4 is 6.29 Å². The summed E-state index contributed by atoms with van der Waals surface area (Å²) >= 11 is 0. The van der Waals surface area contributed by atoms with Crippen LogP contribution in [0.5, 0.6) is 0 Å². The van der Waals surface area contributed by atoms with E-state index in [2.05, 4.69) is 17.5 Å². The van der Waals surface area contributed by atoms with Crippen LogP contribution in [0.2, 0.25) is 0 Å². The largest absolute Gasteiger partial charge is 0.317 e. The summed E-state index contributed by atoms with van der Waals surface area (Å²) in [5, 5.41) is 3.53. The molecule has 0 radical (unpaired) electrons. The zero-order valence-corrected chi connectivity index (χ0v) is 13.2. The van der Waals surface area contributed by atoms with Crippen molar-refractivity contribution in [1.29, 1.82) is 0 Å². The van der Waals surface area contributed by atoms with E-state index in [0.29, 0.717) is 5.41 Å². The molecule has 1 N–H and O–H groups in total. The maximum absolute atomic E-state index is 10.5. The topological polar surface area (TPSA) is 29.1 Å². The molecule has 1 unspecified atom stereocenters. The first-order valence-electron chi connectivity index (χ1n) is 8.86. The summed E-state index contributed by atoms with van der Waals surface area (Å²) < 4.78 is 0. The molecule has 1 atom stereocenters. The molecule has 1 aliphatic heterocycles. The highest BCUT2D eigenvalue weighted by Gasteiger charge is 2.40. The number of allylic oxidation sites excluding steroid dienone is 4. The van der Waals surface area contributed by atoms with Crippen LogP contribution in [0.25, 0.3) is 0 Å². The van der Waals surface area contributed by atoms with Gasteiger partial charge in [0, 0.05) is 6.42 Å². The summed E-state index contributed by atoms with van der Waals surface area (Å²) in [5.41, 5.74) is 4.03. The lowest BCUT2D eigenvalue weighted by Crippen LogP contribution is -2.40. The molecule has 0 saturated carbocycles. The van der Waals surface area contributed by atoms with Gasteiger partial charge in [0.15, 0.2) is 0 Å². The van der Waals surface area contributed by atoms with E-state index in [-0.39, 0.29) is 0 Å². The number of carbonyl (C=O) groups is 1. The SMILES string of the molecule is O=CCCCCC1CC2(CCNCC2)CC2=C1C=CCC2. The van der Waals surface area contributed by atoms with Gasteiger partial charge in [0.25, 0.3) is 0 Å². The number of piperidine rings is 1. The summed E-state index contributed by atoms with van der Waals surface area (Å²) in [4.78, 5) is 10.5. The minimum absolute atomic E-state index is 0.588. The molecule has 0 aromatic heterocycles. The molecule has 0 aromatic carbocycles. The van der Waals surface area contributed by atoms with Crippen LogP contribution in [0.1, 0.15) is 64.2 Å². The Morgan fingerprint density at radius 3 is 2.95 bits per heavy atom. The summed E-state index contributed by atoms with van der Waals surface area (Å²) in [7, 11) is 0. The highest BCUT2D eigenvalue weighted by atomic mass is 16.1. The van der Waals surface area contributed by atoms with Crippen molar-refractivity contribution in [3.63, 3.8) is 0 Å². The van der Waals surface area contributed by atoms with Gasteiger partial charge in [-0.05, 0) is 81.4 Å². The maximum atomic E-state index is 10.5. The number of hydrogen-bond donors (Lipinski definition) is 1. The second-order valence-electron chi connectivity index (χ2n) is 7.28. The maximum Gasteiger partial charge on any atom is 0.119 e. The van der Waals surface area contributed by atoms with Crippen molar-refractivity contribution in [3.8, 4) is 0 Å². The molecule has 2 aliphatic carbocycles. The Bertz CT molecular complexity index is 429. The van der Waals surface area contributed by atoms with Crippen LogP contribution in [-0.2, 0) is 4.79 Å². The normalized spacial score (nSPS) is 27.7. The Hall–Kier alpha value is -0.890. The Morgan fingerprint density at radius 2 is 2.14 bits per heavy atom. The number of hydrogen-bond acceptors (Lipinski definition) is 2. The second kappa shape index (κ2) is 6.91. The number of aldehydes is 1. The zero-order valence-electron chi connectivity index (χ0n) is 13.2. The Morgan fingerprint density at radius 1 is 1.29 bits per heavy atom. The summed E-state index contributed by atoms with van der Waals surface area (Å²) in [6, 6.07) is 0. The number of nitrogens with one attached hydrogen (secondary N) is 1. The van der Waals surface area contributed by atoms with Crippen molar-refractivity contribution in [2.45, 2.75) is 64.2 Å². The van der Waals surface area contributed by atoms with Crippen LogP contribution < -0.4 is 5.32 Å². The van der Waals surface area contributed by atoms with Crippen LogP contribution in [0.4, 0.5) is 0 Å². The fraction of sp³-hybridized carbons (Fsp3) is 0.737. The third-order valence-corrected chi connectivity index (χ3v) is 5.81. The third kappa shape index (κ3) is 3.48. The molecule has 0 bridgehead atoms. The molecule has 1 saturated heterocycles. The van der Waals surface area contributed by atoms with Gasteiger partial charge in [-0.3, -0.25) is 0 Å². The van der Waals surface area contributed by atoms with Gasteiger partial charge in [-0.15, -0.1) is 0 Å². The summed E-state index contributed by atoms with van der Waals surface area (Å²) in [6.07, 6.45) is 18.2. The molecular weight excluding hydrogens is 258 g/mol. The van der Waals surface area contributed by atoms with Gasteiger partial charge in [-0.2, -0.15) is 0 Å². The smallest absolute Gasteiger partial charge is 0.119 e. The van der Waals surface area contributed by atoms with Gasteiger partial charge in [0.05, 0.1) is 0 Å². The van der Waals surface area contributed by atoms with Crippen LogP contribution in [0.15, 0.2) is 23.3 Å². The van der Waals surface area contributed by atoms with Crippen LogP contribution in [0.3, 0.4) is 0 Å². The minimum atomic E-state index is 0.588. The summed E-state index contributed by atoms with van der Waals surface area (Å²) in [5.74, 6) is 0.759. The van der Waals surface area contributed by atoms with Gasteiger partial charge in [0.2, 0.25) is 0 Å². The highest BCUT2D eigenvalue weighted by Crippen LogP contribution is 2.51. The first-order valence-corrected chi connectivity index (χ1v) is 8.86. The predicted octanol–water partition coefficient (Wildman–Crippen LogP) is 4.17. The van der Waals surface area contributed by atoms with E-state index in [1.54, 1.807) is 11.1 Å². The third-order valence-electron chi connectivity index (χ3n) is 5.81. The molecular formula is C19H29NO. The molecule has 0 aromatic rings. The van der Waals surface area contributed by atoms with E-state index >= 15 is 0 Å². The molecule has 21 heavy (non-hydrogen) atoms. The first-order chi connectivity index (χ1) is 10.3. The van der Waals surface area contributed by atoms with E-state index in [4.69, 9.17) is 0 Å². The number of rotatable bonds is 5. The molecule has 2 heteroatoms. The lowest BCUT2D eigenvalue weighted by atomic mass is 9.61. The predicted molar refractivity (Wildman–Crippen MR) is 87.2 cm³/mol. The highest BCUT2D eigenvalue weighted by molar-refractivity contribution is 5.48. The molecule has 116 valence electrons. The number of unbranched alkanes of at least 4 members (excludes halogenated alkanes) is 2. The lowest BCUT2D eigenvalue weighted by Gasteiger charge is -2.46. The Kier molecular flexibility index (Phi) is 4.95. The average Bonchev–Trinajstić information content (AvgIpc) is 2.52. The number of carbonyl (C=O) groups excluding carboxylic acids is 1.